The fraction of sp³-hybridized carbons (Fsp3) is 0.261. The molecule has 4 rings (SSSR count). The Hall–Kier alpha value is -3.41. The van der Waals surface area contributed by atoms with Crippen molar-refractivity contribution in [1.29, 1.82) is 0 Å². The lowest BCUT2D eigenvalue weighted by atomic mass is 9.98. The fourth-order valence-electron chi connectivity index (χ4n) is 3.23. The second-order valence-corrected chi connectivity index (χ2v) is 6.91. The Morgan fingerprint density at radius 3 is 2.24 bits per heavy atom. The highest BCUT2D eigenvalue weighted by molar-refractivity contribution is 5.65. The van der Waals surface area contributed by atoms with Gasteiger partial charge in [-0.05, 0) is 55.5 Å². The smallest absolute Gasteiger partial charge is 0.303 e. The lowest BCUT2D eigenvalue weighted by Crippen LogP contribution is -2.03. The minimum atomic E-state index is -0.348. The van der Waals surface area contributed by atoms with E-state index in [0.29, 0.717) is 18.6 Å². The Morgan fingerprint density at radius 1 is 0.897 bits per heavy atom. The van der Waals surface area contributed by atoms with Crippen LogP contribution in [0.1, 0.15) is 53.2 Å². The third-order valence-electron chi connectivity index (χ3n) is 4.60. The zero-order valence-corrected chi connectivity index (χ0v) is 16.3. The summed E-state index contributed by atoms with van der Waals surface area (Å²) in [6.45, 7) is 3.39. The van der Waals surface area contributed by atoms with Crippen molar-refractivity contribution in [3.8, 4) is 0 Å². The SMILES string of the molecule is CC(=O)OCc1ccc(C(Cc2ccco2)c2ccc(Cc3ccc(C)o3)o2)o1. The topological polar surface area (TPSA) is 78.9 Å². The normalized spacial score (nSPS) is 12.2. The first-order valence-electron chi connectivity index (χ1n) is 9.45. The van der Waals surface area contributed by atoms with Crippen molar-refractivity contribution in [2.24, 2.45) is 0 Å². The van der Waals surface area contributed by atoms with E-state index in [1.54, 1.807) is 6.26 Å². The third-order valence-corrected chi connectivity index (χ3v) is 4.60. The van der Waals surface area contributed by atoms with Gasteiger partial charge in [-0.2, -0.15) is 0 Å². The van der Waals surface area contributed by atoms with Crippen molar-refractivity contribution in [2.45, 2.75) is 39.2 Å². The van der Waals surface area contributed by atoms with Crippen LogP contribution in [-0.4, -0.2) is 5.97 Å². The molecule has 150 valence electrons. The van der Waals surface area contributed by atoms with Gasteiger partial charge in [0.25, 0.3) is 0 Å². The number of carbonyl (C=O) groups is 1. The molecule has 6 nitrogen and oxygen atoms in total. The fourth-order valence-corrected chi connectivity index (χ4v) is 3.23. The average Bonchev–Trinajstić information content (AvgIpc) is 3.47. The number of hydrogen-bond donors (Lipinski definition) is 0. The van der Waals surface area contributed by atoms with Crippen LogP contribution in [0.4, 0.5) is 0 Å². The number of rotatable bonds is 8. The van der Waals surface area contributed by atoms with Crippen LogP contribution < -0.4 is 0 Å². The van der Waals surface area contributed by atoms with E-state index in [-0.39, 0.29) is 18.5 Å². The number of hydrogen-bond acceptors (Lipinski definition) is 6. The van der Waals surface area contributed by atoms with Gasteiger partial charge in [-0.3, -0.25) is 4.79 Å². The Bertz CT molecular complexity index is 1060. The van der Waals surface area contributed by atoms with Crippen LogP contribution in [0.15, 0.2) is 72.5 Å². The Balaban J connectivity index is 1.57. The Morgan fingerprint density at radius 2 is 1.59 bits per heavy atom. The molecule has 1 atom stereocenters. The molecule has 0 fully saturated rings. The molecule has 6 heteroatoms. The maximum Gasteiger partial charge on any atom is 0.303 e. The highest BCUT2D eigenvalue weighted by atomic mass is 16.5. The highest BCUT2D eigenvalue weighted by Crippen LogP contribution is 2.32. The van der Waals surface area contributed by atoms with Crippen LogP contribution in [0, 0.1) is 6.92 Å². The van der Waals surface area contributed by atoms with Gasteiger partial charge in [-0.25, -0.2) is 0 Å². The molecule has 1 unspecified atom stereocenters. The van der Waals surface area contributed by atoms with Crippen molar-refractivity contribution in [3.63, 3.8) is 0 Å². The summed E-state index contributed by atoms with van der Waals surface area (Å²) in [6.07, 6.45) is 2.81. The summed E-state index contributed by atoms with van der Waals surface area (Å²) in [7, 11) is 0. The van der Waals surface area contributed by atoms with Crippen molar-refractivity contribution in [3.05, 3.63) is 95.1 Å². The first-order valence-corrected chi connectivity index (χ1v) is 9.45. The van der Waals surface area contributed by atoms with Crippen molar-refractivity contribution >= 4 is 5.97 Å². The minimum absolute atomic E-state index is 0.101. The molecule has 0 aromatic carbocycles. The van der Waals surface area contributed by atoms with Crippen LogP contribution >= 0.6 is 0 Å². The number of carbonyl (C=O) groups excluding carboxylic acids is 1. The van der Waals surface area contributed by atoms with Crippen LogP contribution in [0.5, 0.6) is 0 Å². The van der Waals surface area contributed by atoms with Gasteiger partial charge in [-0.15, -0.1) is 0 Å². The summed E-state index contributed by atoms with van der Waals surface area (Å²) in [5.41, 5.74) is 0. The predicted molar refractivity (Wildman–Crippen MR) is 103 cm³/mol. The van der Waals surface area contributed by atoms with Crippen LogP contribution in [-0.2, 0) is 29.0 Å². The molecule has 0 aliphatic heterocycles. The van der Waals surface area contributed by atoms with Gasteiger partial charge in [0.2, 0.25) is 0 Å². The molecule has 0 aliphatic carbocycles. The monoisotopic (exact) mass is 394 g/mol. The summed E-state index contributed by atoms with van der Waals surface area (Å²) in [5, 5.41) is 0. The zero-order chi connectivity index (χ0) is 20.2. The number of ether oxygens (including phenoxy) is 1. The van der Waals surface area contributed by atoms with Gasteiger partial charge in [-0.1, -0.05) is 0 Å². The first-order chi connectivity index (χ1) is 14.1. The number of esters is 1. The quantitative estimate of drug-likeness (QED) is 0.373. The molecular formula is C23H22O6. The van der Waals surface area contributed by atoms with E-state index in [4.69, 9.17) is 22.4 Å². The van der Waals surface area contributed by atoms with Gasteiger partial charge in [0, 0.05) is 13.3 Å². The molecule has 0 saturated carbocycles. The summed E-state index contributed by atoms with van der Waals surface area (Å²) >= 11 is 0. The summed E-state index contributed by atoms with van der Waals surface area (Å²) < 4.78 is 28.2. The molecule has 0 aliphatic rings. The maximum atomic E-state index is 11.0. The number of furan rings is 4. The maximum absolute atomic E-state index is 11.0. The number of aryl methyl sites for hydroxylation is 1. The third kappa shape index (κ3) is 4.71. The molecule has 4 aromatic rings. The summed E-state index contributed by atoms with van der Waals surface area (Å²) in [6, 6.07) is 15.3. The minimum Gasteiger partial charge on any atom is -0.469 e. The van der Waals surface area contributed by atoms with Crippen molar-refractivity contribution in [2.75, 3.05) is 0 Å². The summed E-state index contributed by atoms with van der Waals surface area (Å²) in [4.78, 5) is 11.0. The van der Waals surface area contributed by atoms with Gasteiger partial charge < -0.3 is 22.4 Å². The zero-order valence-electron chi connectivity index (χ0n) is 16.3. The van der Waals surface area contributed by atoms with Crippen molar-refractivity contribution in [1.82, 2.24) is 0 Å². The Kier molecular flexibility index (Phi) is 5.42. The second kappa shape index (κ2) is 8.31. The molecule has 0 N–H and O–H groups in total. The van der Waals surface area contributed by atoms with Gasteiger partial charge in [0.15, 0.2) is 0 Å². The van der Waals surface area contributed by atoms with Gasteiger partial charge >= 0.3 is 5.97 Å². The summed E-state index contributed by atoms with van der Waals surface area (Å²) in [5.74, 6) is 4.92. The second-order valence-electron chi connectivity index (χ2n) is 6.91. The highest BCUT2D eigenvalue weighted by Gasteiger charge is 2.24. The molecular weight excluding hydrogens is 372 g/mol. The van der Waals surface area contributed by atoms with E-state index >= 15 is 0 Å². The van der Waals surface area contributed by atoms with E-state index in [2.05, 4.69) is 0 Å². The van der Waals surface area contributed by atoms with E-state index in [9.17, 15) is 4.79 Å². The molecule has 0 amide bonds. The average molecular weight is 394 g/mol. The van der Waals surface area contributed by atoms with Crippen LogP contribution in [0.3, 0.4) is 0 Å². The van der Waals surface area contributed by atoms with Crippen molar-refractivity contribution < 1.29 is 27.2 Å². The predicted octanol–water partition coefficient (Wildman–Crippen LogP) is 5.40. The largest absolute Gasteiger partial charge is 0.469 e. The van der Waals surface area contributed by atoms with E-state index in [1.165, 1.54) is 6.92 Å². The molecule has 4 heterocycles. The molecule has 29 heavy (non-hydrogen) atoms. The lowest BCUT2D eigenvalue weighted by molar-refractivity contribution is -0.142. The van der Waals surface area contributed by atoms with Gasteiger partial charge in [0.1, 0.15) is 46.9 Å². The lowest BCUT2D eigenvalue weighted by Gasteiger charge is -2.11. The molecule has 0 saturated heterocycles. The van der Waals surface area contributed by atoms with Gasteiger partial charge in [0.05, 0.1) is 18.6 Å². The standard InChI is InChI=1S/C23H22O6/c1-15-5-6-18(27-15)12-19-7-9-22(28-19)21(13-17-4-3-11-25-17)23-10-8-20(29-23)14-26-16(2)24/h3-11,21H,12-14H2,1-2H3. The van der Waals surface area contributed by atoms with E-state index < -0.39 is 0 Å². The molecule has 4 aromatic heterocycles. The Labute approximate surface area is 168 Å². The first kappa shape index (κ1) is 18.9. The van der Waals surface area contributed by atoms with Crippen LogP contribution in [0.2, 0.25) is 0 Å². The van der Waals surface area contributed by atoms with E-state index in [1.807, 2.05) is 55.5 Å². The van der Waals surface area contributed by atoms with Crippen LogP contribution in [0.25, 0.3) is 0 Å². The van der Waals surface area contributed by atoms with E-state index in [0.717, 1.165) is 34.6 Å². The molecule has 0 radical (unpaired) electrons. The molecule has 0 bridgehead atoms. The molecule has 0 spiro atoms.